The third kappa shape index (κ3) is 1.88. The fraction of sp³-hybridized carbons (Fsp3) is 0.778. The summed E-state index contributed by atoms with van der Waals surface area (Å²) in [6, 6.07) is 0. The highest BCUT2D eigenvalue weighted by Crippen LogP contribution is 2.18. The quantitative estimate of drug-likeness (QED) is 0.663. The van der Waals surface area contributed by atoms with Gasteiger partial charge in [0.2, 0.25) is 0 Å². The van der Waals surface area contributed by atoms with Crippen LogP contribution in [0.15, 0.2) is 11.5 Å². The Hall–Kier alpha value is -0.660. The van der Waals surface area contributed by atoms with Gasteiger partial charge in [-0.3, -0.25) is 0 Å². The van der Waals surface area contributed by atoms with E-state index in [0.29, 0.717) is 5.92 Å². The maximum Gasteiger partial charge on any atom is 0.115 e. The molecule has 0 radical (unpaired) electrons. The first-order valence-electron chi connectivity index (χ1n) is 4.35. The van der Waals surface area contributed by atoms with Crippen LogP contribution in [0.4, 0.5) is 0 Å². The summed E-state index contributed by atoms with van der Waals surface area (Å²) in [5.41, 5.74) is 1.29. The highest BCUT2D eigenvalue weighted by Gasteiger charge is 2.13. The van der Waals surface area contributed by atoms with Gasteiger partial charge >= 0.3 is 0 Å². The molecule has 66 valence electrons. The Kier molecular flexibility index (Phi) is 2.80. The number of rotatable bonds is 2. The van der Waals surface area contributed by atoms with Gasteiger partial charge in [0.15, 0.2) is 0 Å². The summed E-state index contributed by atoms with van der Waals surface area (Å²) < 4.78 is 5.52. The van der Waals surface area contributed by atoms with E-state index in [1.54, 1.807) is 0 Å². The van der Waals surface area contributed by atoms with Gasteiger partial charge < -0.3 is 10.1 Å². The van der Waals surface area contributed by atoms with Crippen LogP contribution in [0.3, 0.4) is 0 Å². The Labute approximate surface area is 70.1 Å². The lowest BCUT2D eigenvalue weighted by molar-refractivity contribution is 0.177. The first-order valence-corrected chi connectivity index (χ1v) is 4.35. The molecular weight excluding hydrogens is 138 g/mol. The third-order valence-corrected chi connectivity index (χ3v) is 1.89. The van der Waals surface area contributed by atoms with Gasteiger partial charge in [0.1, 0.15) is 12.4 Å². The third-order valence-electron chi connectivity index (χ3n) is 1.89. The van der Waals surface area contributed by atoms with Crippen molar-refractivity contribution in [2.45, 2.75) is 27.2 Å². The number of ether oxygens (including phenoxy) is 1. The number of nitrogens with one attached hydrogen (secondary N) is 1. The largest absolute Gasteiger partial charge is 0.494 e. The number of hydrogen-bond acceptors (Lipinski definition) is 2. The zero-order valence-corrected chi connectivity index (χ0v) is 7.61. The molecule has 0 aromatic rings. The van der Waals surface area contributed by atoms with Crippen LogP contribution in [-0.4, -0.2) is 13.2 Å². The highest BCUT2D eigenvalue weighted by atomic mass is 16.5. The molecule has 1 aliphatic rings. The minimum atomic E-state index is 0. The molecule has 11 heavy (non-hydrogen) atoms. The van der Waals surface area contributed by atoms with Crippen LogP contribution in [0.1, 0.15) is 28.6 Å². The van der Waals surface area contributed by atoms with Crippen molar-refractivity contribution in [1.82, 2.24) is 5.32 Å². The molecule has 0 fully saturated rings. The van der Waals surface area contributed by atoms with Crippen molar-refractivity contribution in [3.63, 3.8) is 0 Å². The molecule has 1 heterocycles. The SMILES string of the molecule is CCC1=C(C(C)C)NCCO1.[HH]. The second-order valence-corrected chi connectivity index (χ2v) is 3.12. The molecule has 0 spiro atoms. The molecule has 0 aliphatic carbocycles. The summed E-state index contributed by atoms with van der Waals surface area (Å²) in [5.74, 6) is 1.71. The Bertz CT molecular complexity index is 166. The minimum absolute atomic E-state index is 0. The zero-order valence-electron chi connectivity index (χ0n) is 7.61. The summed E-state index contributed by atoms with van der Waals surface area (Å²) >= 11 is 0. The molecule has 0 aromatic carbocycles. The second-order valence-electron chi connectivity index (χ2n) is 3.12. The monoisotopic (exact) mass is 157 g/mol. The van der Waals surface area contributed by atoms with Gasteiger partial charge in [-0.15, -0.1) is 0 Å². The van der Waals surface area contributed by atoms with Gasteiger partial charge in [-0.25, -0.2) is 0 Å². The molecule has 0 aromatic heterocycles. The number of hydrogen-bond donors (Lipinski definition) is 1. The van der Waals surface area contributed by atoms with Crippen LogP contribution in [0.2, 0.25) is 0 Å². The maximum atomic E-state index is 5.52. The Morgan fingerprint density at radius 3 is 2.82 bits per heavy atom. The van der Waals surface area contributed by atoms with E-state index in [1.165, 1.54) is 5.70 Å². The van der Waals surface area contributed by atoms with Crippen LogP contribution in [0.25, 0.3) is 0 Å². The van der Waals surface area contributed by atoms with Crippen LogP contribution in [0, 0.1) is 5.92 Å². The summed E-state index contributed by atoms with van der Waals surface area (Å²) in [5, 5.41) is 3.37. The molecule has 0 saturated heterocycles. The smallest absolute Gasteiger partial charge is 0.115 e. The van der Waals surface area contributed by atoms with E-state index >= 15 is 0 Å². The van der Waals surface area contributed by atoms with E-state index in [1.807, 2.05) is 0 Å². The van der Waals surface area contributed by atoms with Crippen molar-refractivity contribution in [1.29, 1.82) is 0 Å². The van der Waals surface area contributed by atoms with Crippen molar-refractivity contribution in [2.24, 2.45) is 5.92 Å². The molecule has 0 unspecified atom stereocenters. The van der Waals surface area contributed by atoms with Crippen molar-refractivity contribution in [2.75, 3.05) is 13.2 Å². The molecule has 2 nitrogen and oxygen atoms in total. The van der Waals surface area contributed by atoms with Crippen LogP contribution >= 0.6 is 0 Å². The van der Waals surface area contributed by atoms with E-state index < -0.39 is 0 Å². The first kappa shape index (κ1) is 8.44. The minimum Gasteiger partial charge on any atom is -0.494 e. The molecule has 1 aliphatic heterocycles. The Balaban J connectivity index is 0.00000121. The van der Waals surface area contributed by atoms with Crippen LogP contribution < -0.4 is 5.32 Å². The van der Waals surface area contributed by atoms with Gasteiger partial charge in [-0.05, 0) is 5.92 Å². The van der Waals surface area contributed by atoms with Crippen LogP contribution in [-0.2, 0) is 4.74 Å². The van der Waals surface area contributed by atoms with Gasteiger partial charge in [-0.1, -0.05) is 20.8 Å². The average Bonchev–Trinajstić information content (AvgIpc) is 2.04. The maximum absolute atomic E-state index is 5.52. The normalized spacial score (nSPS) is 18.2. The first-order chi connectivity index (χ1) is 5.25. The standard InChI is InChI=1S/C9H17NO.H2/c1-4-8-9(7(2)3)10-5-6-11-8;/h7,10H,4-6H2,1-3H3;1H. The predicted octanol–water partition coefficient (Wildman–Crippen LogP) is 2.13. The Morgan fingerprint density at radius 1 is 1.64 bits per heavy atom. The van der Waals surface area contributed by atoms with Crippen molar-refractivity contribution in [3.8, 4) is 0 Å². The highest BCUT2D eigenvalue weighted by molar-refractivity contribution is 5.10. The lowest BCUT2D eigenvalue weighted by Crippen LogP contribution is -2.29. The van der Waals surface area contributed by atoms with E-state index in [-0.39, 0.29) is 1.43 Å². The lowest BCUT2D eigenvalue weighted by Gasteiger charge is -2.24. The predicted molar refractivity (Wildman–Crippen MR) is 48.2 cm³/mol. The van der Waals surface area contributed by atoms with Gasteiger partial charge in [0, 0.05) is 14.4 Å². The molecule has 1 rings (SSSR count). The Morgan fingerprint density at radius 2 is 2.36 bits per heavy atom. The van der Waals surface area contributed by atoms with Gasteiger partial charge in [-0.2, -0.15) is 0 Å². The lowest BCUT2D eigenvalue weighted by atomic mass is 10.1. The summed E-state index contributed by atoms with van der Waals surface area (Å²) in [4.78, 5) is 0. The van der Waals surface area contributed by atoms with E-state index in [0.717, 1.165) is 25.3 Å². The summed E-state index contributed by atoms with van der Waals surface area (Å²) in [6.45, 7) is 8.28. The van der Waals surface area contributed by atoms with Crippen molar-refractivity contribution < 1.29 is 6.16 Å². The molecule has 0 atom stereocenters. The van der Waals surface area contributed by atoms with Gasteiger partial charge in [0.25, 0.3) is 0 Å². The van der Waals surface area contributed by atoms with E-state index in [2.05, 4.69) is 26.1 Å². The zero-order chi connectivity index (χ0) is 8.27. The molecule has 0 saturated carbocycles. The molecule has 0 bridgehead atoms. The molecule has 0 amide bonds. The summed E-state index contributed by atoms with van der Waals surface area (Å²) in [6.07, 6.45) is 1.00. The van der Waals surface area contributed by atoms with E-state index in [4.69, 9.17) is 4.74 Å². The van der Waals surface area contributed by atoms with Crippen LogP contribution in [0.5, 0.6) is 0 Å². The summed E-state index contributed by atoms with van der Waals surface area (Å²) in [7, 11) is 0. The second kappa shape index (κ2) is 3.65. The topological polar surface area (TPSA) is 21.3 Å². The van der Waals surface area contributed by atoms with Gasteiger partial charge in [0.05, 0.1) is 5.70 Å². The molecular formula is C9H19NO. The average molecular weight is 157 g/mol. The van der Waals surface area contributed by atoms with E-state index in [9.17, 15) is 0 Å². The molecule has 2 heteroatoms. The number of allylic oxidation sites excluding steroid dienone is 2. The van der Waals surface area contributed by atoms with Crippen molar-refractivity contribution >= 4 is 0 Å². The fourth-order valence-electron chi connectivity index (χ4n) is 1.35. The molecule has 1 N–H and O–H groups in total. The fourth-order valence-corrected chi connectivity index (χ4v) is 1.35. The van der Waals surface area contributed by atoms with Crippen molar-refractivity contribution in [3.05, 3.63) is 11.5 Å².